The van der Waals surface area contributed by atoms with E-state index in [-0.39, 0.29) is 18.6 Å². The lowest BCUT2D eigenvalue weighted by Crippen LogP contribution is -2.67. The summed E-state index contributed by atoms with van der Waals surface area (Å²) < 4.78 is 5.32. The summed E-state index contributed by atoms with van der Waals surface area (Å²) in [5, 5.41) is 19.3. The summed E-state index contributed by atoms with van der Waals surface area (Å²) in [5.41, 5.74) is -0.553. The van der Waals surface area contributed by atoms with Crippen molar-refractivity contribution in [3.63, 3.8) is 0 Å². The van der Waals surface area contributed by atoms with Crippen molar-refractivity contribution in [1.29, 1.82) is 0 Å². The van der Waals surface area contributed by atoms with Gasteiger partial charge in [-0.3, -0.25) is 4.90 Å². The van der Waals surface area contributed by atoms with Crippen LogP contribution in [0.3, 0.4) is 0 Å². The van der Waals surface area contributed by atoms with Gasteiger partial charge < -0.3 is 14.9 Å². The van der Waals surface area contributed by atoms with Gasteiger partial charge in [0.25, 0.3) is 0 Å². The van der Waals surface area contributed by atoms with Gasteiger partial charge in [-0.1, -0.05) is 0 Å². The van der Waals surface area contributed by atoms with Crippen LogP contribution in [0.4, 0.5) is 4.79 Å². The Morgan fingerprint density at radius 2 is 2.00 bits per heavy atom. The summed E-state index contributed by atoms with van der Waals surface area (Å²) in [6.07, 6.45) is 0.574. The van der Waals surface area contributed by atoms with Gasteiger partial charge in [0, 0.05) is 6.04 Å². The van der Waals surface area contributed by atoms with Crippen LogP contribution in [-0.2, 0) is 4.74 Å². The quantitative estimate of drug-likeness (QED) is 0.712. The minimum atomic E-state index is -0.627. The third kappa shape index (κ3) is 2.26. The molecule has 2 N–H and O–H groups in total. The third-order valence-electron chi connectivity index (χ3n) is 3.57. The molecule has 2 unspecified atom stereocenters. The predicted octanol–water partition coefficient (Wildman–Crippen LogP) is 0.738. The van der Waals surface area contributed by atoms with Gasteiger partial charge in [0.1, 0.15) is 5.60 Å². The minimum Gasteiger partial charge on any atom is -0.444 e. The molecule has 0 aromatic carbocycles. The molecule has 1 amide bonds. The number of fused-ring (bicyclic) bond motifs is 2. The number of carbonyl (C=O) groups is 1. The molecular formula is C12H21NO4. The van der Waals surface area contributed by atoms with E-state index in [2.05, 4.69) is 0 Å². The van der Waals surface area contributed by atoms with E-state index in [0.717, 1.165) is 12.8 Å². The van der Waals surface area contributed by atoms with E-state index in [1.54, 1.807) is 0 Å². The molecule has 2 atom stereocenters. The van der Waals surface area contributed by atoms with Crippen LogP contribution in [-0.4, -0.2) is 51.6 Å². The molecule has 3 rings (SSSR count). The van der Waals surface area contributed by atoms with Crippen molar-refractivity contribution in [2.75, 3.05) is 6.61 Å². The highest BCUT2D eigenvalue weighted by atomic mass is 16.6. The summed E-state index contributed by atoms with van der Waals surface area (Å²) in [5.74, 6) is 0.232. The van der Waals surface area contributed by atoms with E-state index < -0.39 is 23.8 Å². The first-order valence-electron chi connectivity index (χ1n) is 6.13. The van der Waals surface area contributed by atoms with E-state index in [1.165, 1.54) is 4.90 Å². The number of aliphatic hydroxyl groups excluding tert-OH is 2. The third-order valence-corrected chi connectivity index (χ3v) is 3.57. The molecule has 3 fully saturated rings. The number of rotatable bonds is 1. The lowest BCUT2D eigenvalue weighted by Gasteiger charge is -2.55. The van der Waals surface area contributed by atoms with E-state index in [4.69, 9.17) is 4.74 Å². The second-order valence-corrected chi connectivity index (χ2v) is 6.01. The molecule has 2 heterocycles. The molecule has 2 aliphatic heterocycles. The highest BCUT2D eigenvalue weighted by molar-refractivity contribution is 5.69. The second kappa shape index (κ2) is 4.14. The number of carbonyl (C=O) groups excluding carboxylic acids is 1. The fraction of sp³-hybridized carbons (Fsp3) is 0.917. The zero-order valence-electron chi connectivity index (χ0n) is 10.6. The number of ether oxygens (including phenoxy) is 1. The fourth-order valence-electron chi connectivity index (χ4n) is 2.68. The fourth-order valence-corrected chi connectivity index (χ4v) is 2.68. The Labute approximate surface area is 101 Å². The van der Waals surface area contributed by atoms with Gasteiger partial charge in [-0.05, 0) is 39.5 Å². The Bertz CT molecular complexity index is 306. The maximum Gasteiger partial charge on any atom is 0.410 e. The van der Waals surface area contributed by atoms with Crippen LogP contribution >= 0.6 is 0 Å². The van der Waals surface area contributed by atoms with Crippen LogP contribution in [0, 0.1) is 5.92 Å². The highest BCUT2D eigenvalue weighted by Gasteiger charge is 2.52. The highest BCUT2D eigenvalue weighted by Crippen LogP contribution is 2.43. The molecule has 17 heavy (non-hydrogen) atoms. The van der Waals surface area contributed by atoms with Crippen LogP contribution in [0.2, 0.25) is 0 Å². The largest absolute Gasteiger partial charge is 0.444 e. The van der Waals surface area contributed by atoms with Crippen molar-refractivity contribution in [2.45, 2.75) is 57.4 Å². The lowest BCUT2D eigenvalue weighted by atomic mass is 9.69. The molecule has 0 aromatic heterocycles. The van der Waals surface area contributed by atoms with E-state index >= 15 is 0 Å². The van der Waals surface area contributed by atoms with Gasteiger partial charge in [0.05, 0.1) is 18.8 Å². The van der Waals surface area contributed by atoms with Crippen LogP contribution in [0.15, 0.2) is 0 Å². The molecule has 0 spiro atoms. The van der Waals surface area contributed by atoms with E-state index in [9.17, 15) is 15.0 Å². The first-order chi connectivity index (χ1) is 7.83. The van der Waals surface area contributed by atoms with Gasteiger partial charge in [-0.25, -0.2) is 4.79 Å². The molecule has 1 saturated carbocycles. The smallest absolute Gasteiger partial charge is 0.410 e. The predicted molar refractivity (Wildman–Crippen MR) is 61.5 cm³/mol. The summed E-state index contributed by atoms with van der Waals surface area (Å²) in [7, 11) is 0. The van der Waals surface area contributed by atoms with Gasteiger partial charge in [-0.2, -0.15) is 0 Å². The summed E-state index contributed by atoms with van der Waals surface area (Å²) in [6.45, 7) is 5.21. The monoisotopic (exact) mass is 243 g/mol. The average Bonchev–Trinajstić information content (AvgIpc) is 2.11. The minimum absolute atomic E-state index is 0.121. The maximum atomic E-state index is 12.0. The number of amides is 1. The zero-order valence-corrected chi connectivity index (χ0v) is 10.6. The van der Waals surface area contributed by atoms with Crippen molar-refractivity contribution in [3.05, 3.63) is 0 Å². The SMILES string of the molecule is CC(C)(C)OC(=O)N1C2CC(C2)C(O)C1CO. The molecule has 1 aliphatic carbocycles. The topological polar surface area (TPSA) is 70.0 Å². The van der Waals surface area contributed by atoms with Crippen LogP contribution in [0.1, 0.15) is 33.6 Å². The summed E-state index contributed by atoms with van der Waals surface area (Å²) >= 11 is 0. The number of hydrogen-bond acceptors (Lipinski definition) is 4. The van der Waals surface area contributed by atoms with Crippen molar-refractivity contribution < 1.29 is 19.7 Å². The Hall–Kier alpha value is -0.810. The average molecular weight is 243 g/mol. The standard InChI is InChI=1S/C12H21NO4/c1-12(2,3)17-11(16)13-8-4-7(5-8)10(15)9(13)6-14/h7-10,14-15H,4-6H2,1-3H3. The van der Waals surface area contributed by atoms with Gasteiger partial charge in [0.2, 0.25) is 0 Å². The van der Waals surface area contributed by atoms with Crippen molar-refractivity contribution in [3.8, 4) is 0 Å². The summed E-state index contributed by atoms with van der Waals surface area (Å²) in [4.78, 5) is 13.6. The first kappa shape index (κ1) is 12.6. The molecule has 2 saturated heterocycles. The van der Waals surface area contributed by atoms with E-state index in [1.807, 2.05) is 20.8 Å². The number of hydrogen-bond donors (Lipinski definition) is 2. The molecule has 98 valence electrons. The number of aliphatic hydroxyl groups is 2. The van der Waals surface area contributed by atoms with Gasteiger partial charge >= 0.3 is 6.09 Å². The van der Waals surface area contributed by atoms with Gasteiger partial charge in [0.15, 0.2) is 0 Å². The molecule has 5 nitrogen and oxygen atoms in total. The Kier molecular flexibility index (Phi) is 3.08. The molecule has 0 radical (unpaired) electrons. The second-order valence-electron chi connectivity index (χ2n) is 6.01. The molecule has 2 bridgehead atoms. The molecule has 5 heteroatoms. The Morgan fingerprint density at radius 3 is 2.47 bits per heavy atom. The Balaban J connectivity index is 2.09. The van der Waals surface area contributed by atoms with Crippen LogP contribution in [0.5, 0.6) is 0 Å². The molecule has 0 aromatic rings. The summed E-state index contributed by atoms with van der Waals surface area (Å²) in [6, 6.07) is -0.391. The normalized spacial score (nSPS) is 36.4. The maximum absolute atomic E-state index is 12.0. The van der Waals surface area contributed by atoms with E-state index in [0.29, 0.717) is 0 Å². The van der Waals surface area contributed by atoms with Crippen LogP contribution < -0.4 is 0 Å². The van der Waals surface area contributed by atoms with Crippen molar-refractivity contribution >= 4 is 6.09 Å². The zero-order chi connectivity index (χ0) is 12.8. The van der Waals surface area contributed by atoms with Crippen LogP contribution in [0.25, 0.3) is 0 Å². The molecule has 3 aliphatic rings. The lowest BCUT2D eigenvalue weighted by molar-refractivity contribution is -0.132. The first-order valence-corrected chi connectivity index (χ1v) is 6.13. The van der Waals surface area contributed by atoms with Crippen molar-refractivity contribution in [1.82, 2.24) is 4.90 Å². The van der Waals surface area contributed by atoms with Gasteiger partial charge in [-0.15, -0.1) is 0 Å². The number of piperidine rings is 2. The van der Waals surface area contributed by atoms with Crippen molar-refractivity contribution in [2.24, 2.45) is 5.92 Å². The Morgan fingerprint density at radius 1 is 1.41 bits per heavy atom. The number of nitrogens with zero attached hydrogens (tertiary/aromatic N) is 1. The molecular weight excluding hydrogens is 222 g/mol.